The van der Waals surface area contributed by atoms with Crippen molar-refractivity contribution in [2.24, 2.45) is 0 Å². The molecule has 2 heterocycles. The van der Waals surface area contributed by atoms with E-state index in [-0.39, 0.29) is 5.91 Å². The SMILES string of the molecule is O=C(NCC(O)CN1CCC2=C(CCC=C2)C1)C1=CC(NC2COC2)=CCC1. The predicted molar refractivity (Wildman–Crippen MR) is 109 cm³/mol. The van der Waals surface area contributed by atoms with Crippen molar-refractivity contribution < 1.29 is 14.6 Å². The molecule has 4 aliphatic rings. The van der Waals surface area contributed by atoms with Crippen LogP contribution in [-0.2, 0) is 9.53 Å². The van der Waals surface area contributed by atoms with E-state index in [1.165, 1.54) is 11.1 Å². The van der Waals surface area contributed by atoms with Crippen LogP contribution in [0.25, 0.3) is 0 Å². The van der Waals surface area contributed by atoms with Crippen LogP contribution in [0.2, 0.25) is 0 Å². The standard InChI is InChI=1S/C22H31N3O3/c26-21(13-25-9-8-16-4-1-2-5-18(16)12-25)11-23-22(27)17-6-3-7-19(10-17)24-20-14-28-15-20/h1,4,7,10,20-21,24,26H,2-3,5-6,8-9,11-15H2,(H,23,27). The van der Waals surface area contributed by atoms with Gasteiger partial charge in [-0.3, -0.25) is 9.69 Å². The van der Waals surface area contributed by atoms with Gasteiger partial charge in [0.2, 0.25) is 5.91 Å². The Morgan fingerprint density at radius 2 is 2.18 bits per heavy atom. The number of nitrogens with zero attached hydrogens (tertiary/aromatic N) is 1. The molecule has 28 heavy (non-hydrogen) atoms. The molecule has 0 spiro atoms. The summed E-state index contributed by atoms with van der Waals surface area (Å²) < 4.78 is 5.18. The van der Waals surface area contributed by atoms with Gasteiger partial charge in [-0.15, -0.1) is 0 Å². The summed E-state index contributed by atoms with van der Waals surface area (Å²) in [7, 11) is 0. The Bertz CT molecular complexity index is 719. The summed E-state index contributed by atoms with van der Waals surface area (Å²) in [6.07, 6.45) is 13.0. The molecule has 6 heteroatoms. The van der Waals surface area contributed by atoms with Gasteiger partial charge >= 0.3 is 0 Å². The number of aliphatic hydroxyl groups excluding tert-OH is 1. The van der Waals surface area contributed by atoms with Crippen molar-refractivity contribution in [1.29, 1.82) is 0 Å². The lowest BCUT2D eigenvalue weighted by molar-refractivity contribution is -0.118. The Kier molecular flexibility index (Phi) is 6.29. The van der Waals surface area contributed by atoms with E-state index in [0.717, 1.165) is 69.7 Å². The van der Waals surface area contributed by atoms with E-state index in [0.29, 0.717) is 19.1 Å². The largest absolute Gasteiger partial charge is 0.390 e. The maximum atomic E-state index is 12.5. The van der Waals surface area contributed by atoms with Gasteiger partial charge < -0.3 is 20.5 Å². The van der Waals surface area contributed by atoms with Gasteiger partial charge in [0.15, 0.2) is 0 Å². The summed E-state index contributed by atoms with van der Waals surface area (Å²) in [6, 6.07) is 0.353. The molecule has 0 radical (unpaired) electrons. The van der Waals surface area contributed by atoms with E-state index in [1.807, 2.05) is 6.08 Å². The number of hydrogen-bond donors (Lipinski definition) is 3. The number of allylic oxidation sites excluding steroid dienone is 4. The Morgan fingerprint density at radius 1 is 1.29 bits per heavy atom. The Balaban J connectivity index is 1.21. The fraction of sp³-hybridized carbons (Fsp3) is 0.591. The van der Waals surface area contributed by atoms with Crippen molar-refractivity contribution in [2.45, 2.75) is 44.2 Å². The number of β-amino-alcohol motifs (C(OH)–C–C–N with tert-alkyl or cyclic N) is 1. The van der Waals surface area contributed by atoms with Crippen LogP contribution < -0.4 is 10.6 Å². The first-order valence-electron chi connectivity index (χ1n) is 10.5. The predicted octanol–water partition coefficient (Wildman–Crippen LogP) is 1.41. The molecule has 3 N–H and O–H groups in total. The van der Waals surface area contributed by atoms with Gasteiger partial charge in [0.1, 0.15) is 0 Å². The van der Waals surface area contributed by atoms with Gasteiger partial charge in [0, 0.05) is 37.4 Å². The van der Waals surface area contributed by atoms with E-state index in [9.17, 15) is 9.90 Å². The van der Waals surface area contributed by atoms with Crippen LogP contribution in [0, 0.1) is 0 Å². The topological polar surface area (TPSA) is 73.8 Å². The third-order valence-corrected chi connectivity index (χ3v) is 5.87. The number of aliphatic hydroxyl groups is 1. The number of ether oxygens (including phenoxy) is 1. The van der Waals surface area contributed by atoms with Crippen LogP contribution in [-0.4, -0.2) is 67.5 Å². The molecule has 1 amide bonds. The quantitative estimate of drug-likeness (QED) is 0.618. The Labute approximate surface area is 167 Å². The van der Waals surface area contributed by atoms with Gasteiger partial charge in [-0.1, -0.05) is 23.8 Å². The van der Waals surface area contributed by atoms with Crippen molar-refractivity contribution in [2.75, 3.05) is 39.4 Å². The molecule has 0 saturated carbocycles. The minimum atomic E-state index is -0.547. The highest BCUT2D eigenvalue weighted by molar-refractivity contribution is 5.94. The van der Waals surface area contributed by atoms with E-state index in [4.69, 9.17) is 4.74 Å². The maximum absolute atomic E-state index is 12.5. The monoisotopic (exact) mass is 385 g/mol. The van der Waals surface area contributed by atoms with E-state index in [1.54, 1.807) is 0 Å². The van der Waals surface area contributed by atoms with Crippen molar-refractivity contribution in [1.82, 2.24) is 15.5 Å². The zero-order chi connectivity index (χ0) is 19.3. The van der Waals surface area contributed by atoms with Crippen molar-refractivity contribution in [3.8, 4) is 0 Å². The van der Waals surface area contributed by atoms with Crippen LogP contribution >= 0.6 is 0 Å². The molecule has 1 fully saturated rings. The highest BCUT2D eigenvalue weighted by Crippen LogP contribution is 2.26. The number of rotatable bonds is 7. The summed E-state index contributed by atoms with van der Waals surface area (Å²) in [5.41, 5.74) is 4.78. The number of carbonyl (C=O) groups is 1. The van der Waals surface area contributed by atoms with Gasteiger partial charge in [-0.05, 0) is 43.8 Å². The zero-order valence-corrected chi connectivity index (χ0v) is 16.5. The summed E-state index contributed by atoms with van der Waals surface area (Å²) in [5.74, 6) is -0.0719. The molecule has 1 saturated heterocycles. The van der Waals surface area contributed by atoms with Crippen molar-refractivity contribution >= 4 is 5.91 Å². The number of carbonyl (C=O) groups excluding carboxylic acids is 1. The highest BCUT2D eigenvalue weighted by Gasteiger charge is 2.23. The average Bonchev–Trinajstić information content (AvgIpc) is 2.69. The minimum absolute atomic E-state index is 0.0719. The minimum Gasteiger partial charge on any atom is -0.390 e. The summed E-state index contributed by atoms with van der Waals surface area (Å²) in [5, 5.41) is 16.7. The van der Waals surface area contributed by atoms with Gasteiger partial charge in [0.25, 0.3) is 0 Å². The summed E-state index contributed by atoms with van der Waals surface area (Å²) >= 11 is 0. The van der Waals surface area contributed by atoms with E-state index < -0.39 is 6.10 Å². The average molecular weight is 386 g/mol. The first kappa shape index (κ1) is 19.4. The lowest BCUT2D eigenvalue weighted by Crippen LogP contribution is -2.45. The molecule has 152 valence electrons. The fourth-order valence-corrected chi connectivity index (χ4v) is 4.21. The summed E-state index contributed by atoms with van der Waals surface area (Å²) in [6.45, 7) is 4.27. The van der Waals surface area contributed by atoms with E-state index >= 15 is 0 Å². The van der Waals surface area contributed by atoms with Crippen LogP contribution in [0.3, 0.4) is 0 Å². The second-order valence-corrected chi connectivity index (χ2v) is 8.17. The summed E-state index contributed by atoms with van der Waals surface area (Å²) in [4.78, 5) is 14.8. The molecule has 1 atom stereocenters. The molecule has 2 aliphatic heterocycles. The first-order valence-corrected chi connectivity index (χ1v) is 10.5. The van der Waals surface area contributed by atoms with Gasteiger partial charge in [-0.2, -0.15) is 0 Å². The number of amides is 1. The van der Waals surface area contributed by atoms with Crippen LogP contribution in [0.1, 0.15) is 32.1 Å². The fourth-order valence-electron chi connectivity index (χ4n) is 4.21. The van der Waals surface area contributed by atoms with E-state index in [2.05, 4.69) is 33.8 Å². The van der Waals surface area contributed by atoms with Gasteiger partial charge in [-0.25, -0.2) is 0 Å². The molecular formula is C22H31N3O3. The van der Waals surface area contributed by atoms with Crippen LogP contribution in [0.5, 0.6) is 0 Å². The lowest BCUT2D eigenvalue weighted by Gasteiger charge is -2.32. The number of hydrogen-bond acceptors (Lipinski definition) is 5. The zero-order valence-electron chi connectivity index (χ0n) is 16.5. The molecule has 0 aromatic carbocycles. The molecule has 2 aliphatic carbocycles. The molecule has 0 bridgehead atoms. The van der Waals surface area contributed by atoms with Gasteiger partial charge in [0.05, 0.1) is 25.4 Å². The van der Waals surface area contributed by atoms with Crippen LogP contribution in [0.15, 0.2) is 46.7 Å². The third kappa shape index (κ3) is 4.93. The van der Waals surface area contributed by atoms with Crippen molar-refractivity contribution in [3.63, 3.8) is 0 Å². The van der Waals surface area contributed by atoms with Crippen molar-refractivity contribution in [3.05, 3.63) is 46.7 Å². The second-order valence-electron chi connectivity index (χ2n) is 8.17. The molecule has 1 unspecified atom stereocenters. The smallest absolute Gasteiger partial charge is 0.247 e. The highest BCUT2D eigenvalue weighted by atomic mass is 16.5. The first-order chi connectivity index (χ1) is 13.7. The molecular weight excluding hydrogens is 354 g/mol. The third-order valence-electron chi connectivity index (χ3n) is 5.87. The lowest BCUT2D eigenvalue weighted by atomic mass is 9.92. The number of nitrogens with one attached hydrogen (secondary N) is 2. The maximum Gasteiger partial charge on any atom is 0.247 e. The molecule has 4 rings (SSSR count). The normalized spacial score (nSPS) is 24.0. The Hall–Kier alpha value is -1.89. The molecule has 0 aromatic rings. The molecule has 6 nitrogen and oxygen atoms in total. The second kappa shape index (κ2) is 9.07. The Morgan fingerprint density at radius 3 is 3.00 bits per heavy atom. The van der Waals surface area contributed by atoms with Crippen LogP contribution in [0.4, 0.5) is 0 Å². The molecule has 0 aromatic heterocycles.